The van der Waals surface area contributed by atoms with Gasteiger partial charge in [-0.25, -0.2) is 17.1 Å². The minimum atomic E-state index is -3.18. The second-order valence-corrected chi connectivity index (χ2v) is 8.90. The second-order valence-electron chi connectivity index (χ2n) is 6.71. The number of hydrogen-bond donors (Lipinski definition) is 1. The molecule has 0 spiro atoms. The van der Waals surface area contributed by atoms with Crippen LogP contribution in [0.25, 0.3) is 11.3 Å². The van der Waals surface area contributed by atoms with Crippen LogP contribution in [0.15, 0.2) is 30.3 Å². The first kappa shape index (κ1) is 19.6. The summed E-state index contributed by atoms with van der Waals surface area (Å²) in [7, 11) is -1.55. The molecule has 0 fully saturated rings. The summed E-state index contributed by atoms with van der Waals surface area (Å²) in [6.45, 7) is 4.52. The molecule has 0 aliphatic rings. The molecule has 7 heteroatoms. The van der Waals surface area contributed by atoms with Gasteiger partial charge in [0.15, 0.2) is 0 Å². The Morgan fingerprint density at radius 1 is 1.24 bits per heavy atom. The van der Waals surface area contributed by atoms with Gasteiger partial charge >= 0.3 is 0 Å². The number of rotatable bonds is 9. The Morgan fingerprint density at radius 2 is 1.92 bits per heavy atom. The van der Waals surface area contributed by atoms with Crippen LogP contribution in [-0.4, -0.2) is 42.3 Å². The van der Waals surface area contributed by atoms with Crippen molar-refractivity contribution in [3.8, 4) is 11.3 Å². The predicted octanol–water partition coefficient (Wildman–Crippen LogP) is 3.46. The molecule has 1 aromatic heterocycles. The molecular weight excluding hydrogens is 341 g/mol. The van der Waals surface area contributed by atoms with Crippen LogP contribution in [0.3, 0.4) is 0 Å². The lowest BCUT2D eigenvalue weighted by Crippen LogP contribution is -2.30. The van der Waals surface area contributed by atoms with Crippen molar-refractivity contribution in [2.75, 3.05) is 19.3 Å². The minimum Gasteiger partial charge on any atom is -0.282 e. The number of H-pyrrole nitrogens is 1. The number of aromatic nitrogens is 2. The van der Waals surface area contributed by atoms with Gasteiger partial charge in [-0.1, -0.05) is 13.8 Å². The summed E-state index contributed by atoms with van der Waals surface area (Å²) in [5.41, 5.74) is 2.54. The summed E-state index contributed by atoms with van der Waals surface area (Å²) in [6.07, 6.45) is 2.09. The van der Waals surface area contributed by atoms with E-state index >= 15 is 0 Å². The normalized spacial score (nSPS) is 12.2. The van der Waals surface area contributed by atoms with E-state index in [-0.39, 0.29) is 11.6 Å². The van der Waals surface area contributed by atoms with Crippen molar-refractivity contribution in [2.24, 2.45) is 5.92 Å². The zero-order valence-electron chi connectivity index (χ0n) is 15.0. The third-order valence-electron chi connectivity index (χ3n) is 4.12. The first-order valence-electron chi connectivity index (χ1n) is 8.52. The number of halogens is 1. The molecular formula is C18H26FN3O2S. The Morgan fingerprint density at radius 3 is 2.56 bits per heavy atom. The molecule has 1 heterocycles. The van der Waals surface area contributed by atoms with Crippen LogP contribution in [0.2, 0.25) is 0 Å². The molecule has 5 nitrogen and oxygen atoms in total. The minimum absolute atomic E-state index is 0.194. The molecule has 0 amide bonds. The van der Waals surface area contributed by atoms with Crippen LogP contribution < -0.4 is 0 Å². The quantitative estimate of drug-likeness (QED) is 0.738. The standard InChI is InChI=1S/C18H26FN3O2S/c1-14(2)10-12-25(23,24)22(3)11-4-5-17-13-18(21-20-17)15-6-8-16(19)9-7-15/h6-9,13-14H,4-5,10-12H2,1-3H3,(H,20,21). The Hall–Kier alpha value is -1.73. The smallest absolute Gasteiger partial charge is 0.213 e. The molecule has 2 aromatic rings. The van der Waals surface area contributed by atoms with Gasteiger partial charge in [-0.2, -0.15) is 5.10 Å². The lowest BCUT2D eigenvalue weighted by atomic mass is 10.1. The lowest BCUT2D eigenvalue weighted by Gasteiger charge is -2.17. The molecule has 0 radical (unpaired) electrons. The highest BCUT2D eigenvalue weighted by Gasteiger charge is 2.17. The summed E-state index contributed by atoms with van der Waals surface area (Å²) in [5.74, 6) is 0.291. The summed E-state index contributed by atoms with van der Waals surface area (Å²) in [4.78, 5) is 0. The van der Waals surface area contributed by atoms with Crippen molar-refractivity contribution in [3.63, 3.8) is 0 Å². The third-order valence-corrected chi connectivity index (χ3v) is 6.00. The van der Waals surface area contributed by atoms with Gasteiger partial charge in [-0.3, -0.25) is 5.10 Å². The van der Waals surface area contributed by atoms with E-state index in [0.29, 0.717) is 31.7 Å². The molecule has 1 aromatic carbocycles. The first-order chi connectivity index (χ1) is 11.8. The number of hydrogen-bond acceptors (Lipinski definition) is 3. The van der Waals surface area contributed by atoms with Crippen LogP contribution in [0.5, 0.6) is 0 Å². The van der Waals surface area contributed by atoms with Crippen LogP contribution in [0.4, 0.5) is 4.39 Å². The second kappa shape index (κ2) is 8.58. The third kappa shape index (κ3) is 5.93. The van der Waals surface area contributed by atoms with Gasteiger partial charge in [0.05, 0.1) is 11.4 Å². The zero-order valence-corrected chi connectivity index (χ0v) is 15.8. The zero-order chi connectivity index (χ0) is 18.4. The van der Waals surface area contributed by atoms with Gasteiger partial charge in [0.2, 0.25) is 10.0 Å². The van der Waals surface area contributed by atoms with E-state index in [4.69, 9.17) is 0 Å². The van der Waals surface area contributed by atoms with E-state index < -0.39 is 10.0 Å². The number of aryl methyl sites for hydroxylation is 1. The number of aromatic amines is 1. The summed E-state index contributed by atoms with van der Waals surface area (Å²) < 4.78 is 38.7. The molecule has 25 heavy (non-hydrogen) atoms. The molecule has 0 saturated carbocycles. The molecule has 2 rings (SSSR count). The first-order valence-corrected chi connectivity index (χ1v) is 10.1. The average molecular weight is 367 g/mol. The fourth-order valence-electron chi connectivity index (χ4n) is 2.43. The molecule has 0 bridgehead atoms. The Bertz CT molecular complexity index is 770. The van der Waals surface area contributed by atoms with E-state index in [0.717, 1.165) is 17.0 Å². The van der Waals surface area contributed by atoms with Gasteiger partial charge in [0.25, 0.3) is 0 Å². The molecule has 0 saturated heterocycles. The van der Waals surface area contributed by atoms with Crippen LogP contribution in [0, 0.1) is 11.7 Å². The number of nitrogens with zero attached hydrogens (tertiary/aromatic N) is 2. The summed E-state index contributed by atoms with van der Waals surface area (Å²) >= 11 is 0. The molecule has 1 N–H and O–H groups in total. The lowest BCUT2D eigenvalue weighted by molar-refractivity contribution is 0.455. The Kier molecular flexibility index (Phi) is 6.72. The summed E-state index contributed by atoms with van der Waals surface area (Å²) in [5, 5.41) is 7.19. The summed E-state index contributed by atoms with van der Waals surface area (Å²) in [6, 6.07) is 8.09. The molecule has 0 aliphatic carbocycles. The van der Waals surface area contributed by atoms with E-state index in [1.54, 1.807) is 19.2 Å². The fraction of sp³-hybridized carbons (Fsp3) is 0.500. The Labute approximate surface area is 149 Å². The highest BCUT2D eigenvalue weighted by atomic mass is 32.2. The highest BCUT2D eigenvalue weighted by molar-refractivity contribution is 7.89. The van der Waals surface area contributed by atoms with Crippen molar-refractivity contribution >= 4 is 10.0 Å². The van der Waals surface area contributed by atoms with Crippen molar-refractivity contribution in [1.29, 1.82) is 0 Å². The monoisotopic (exact) mass is 367 g/mol. The molecule has 0 atom stereocenters. The van der Waals surface area contributed by atoms with Crippen LogP contribution in [0.1, 0.15) is 32.4 Å². The van der Waals surface area contributed by atoms with E-state index in [1.165, 1.54) is 16.4 Å². The van der Waals surface area contributed by atoms with Gasteiger partial charge in [0, 0.05) is 24.8 Å². The highest BCUT2D eigenvalue weighted by Crippen LogP contribution is 2.18. The van der Waals surface area contributed by atoms with Gasteiger partial charge in [-0.15, -0.1) is 0 Å². The predicted molar refractivity (Wildman–Crippen MR) is 98.2 cm³/mol. The topological polar surface area (TPSA) is 66.1 Å². The van der Waals surface area contributed by atoms with Gasteiger partial charge in [-0.05, 0) is 55.5 Å². The van der Waals surface area contributed by atoms with Crippen molar-refractivity contribution in [1.82, 2.24) is 14.5 Å². The van der Waals surface area contributed by atoms with Gasteiger partial charge in [0.1, 0.15) is 5.82 Å². The van der Waals surface area contributed by atoms with Crippen LogP contribution in [-0.2, 0) is 16.4 Å². The number of nitrogens with one attached hydrogen (secondary N) is 1. The maximum atomic E-state index is 13.0. The average Bonchev–Trinajstić information content (AvgIpc) is 3.02. The van der Waals surface area contributed by atoms with Gasteiger partial charge < -0.3 is 0 Å². The van der Waals surface area contributed by atoms with E-state index in [2.05, 4.69) is 10.2 Å². The molecule has 138 valence electrons. The largest absolute Gasteiger partial charge is 0.282 e. The Balaban J connectivity index is 1.85. The maximum absolute atomic E-state index is 13.0. The van der Waals surface area contributed by atoms with E-state index in [9.17, 15) is 12.8 Å². The maximum Gasteiger partial charge on any atom is 0.213 e. The number of benzene rings is 1. The van der Waals surface area contributed by atoms with Crippen molar-refractivity contribution in [2.45, 2.75) is 33.1 Å². The van der Waals surface area contributed by atoms with E-state index in [1.807, 2.05) is 19.9 Å². The van der Waals surface area contributed by atoms with Crippen LogP contribution >= 0.6 is 0 Å². The van der Waals surface area contributed by atoms with Crippen molar-refractivity contribution in [3.05, 3.63) is 41.8 Å². The molecule has 0 unspecified atom stereocenters. The molecule has 0 aliphatic heterocycles. The van der Waals surface area contributed by atoms with Crippen molar-refractivity contribution < 1.29 is 12.8 Å². The fourth-order valence-corrected chi connectivity index (χ4v) is 3.92. The number of sulfonamides is 1. The SMILES string of the molecule is CC(C)CCS(=O)(=O)N(C)CCCc1cc(-c2ccc(F)cc2)n[nH]1.